The Bertz CT molecular complexity index is 816. The molecule has 0 bridgehead atoms. The number of amides is 3. The predicted molar refractivity (Wildman–Crippen MR) is 98.0 cm³/mol. The van der Waals surface area contributed by atoms with Crippen molar-refractivity contribution in [2.24, 2.45) is 0 Å². The van der Waals surface area contributed by atoms with Gasteiger partial charge < -0.3 is 10.1 Å². The second kappa shape index (κ2) is 8.66. The maximum absolute atomic E-state index is 12.2. The number of aryl methyl sites for hydroxylation is 1. The van der Waals surface area contributed by atoms with E-state index in [0.717, 1.165) is 5.56 Å². The molecule has 0 aromatic heterocycles. The summed E-state index contributed by atoms with van der Waals surface area (Å²) >= 11 is 0. The van der Waals surface area contributed by atoms with Crippen molar-refractivity contribution in [2.45, 2.75) is 20.8 Å². The lowest BCUT2D eigenvalue weighted by atomic mass is 10.1. The minimum Gasteiger partial charge on any atom is -0.494 e. The molecule has 3 N–H and O–H groups in total. The van der Waals surface area contributed by atoms with E-state index in [1.54, 1.807) is 42.5 Å². The number of carbonyl (C=O) groups is 3. The van der Waals surface area contributed by atoms with Gasteiger partial charge in [0, 0.05) is 23.7 Å². The smallest absolute Gasteiger partial charge is 0.269 e. The summed E-state index contributed by atoms with van der Waals surface area (Å²) in [4.78, 5) is 35.5. The molecular formula is C19H21N3O4. The van der Waals surface area contributed by atoms with Crippen molar-refractivity contribution in [1.82, 2.24) is 10.9 Å². The standard InChI is InChI=1S/C19H21N3O4/c1-4-26-16-9-7-14(8-10-16)18(24)21-22-19(25)15-6-5-12(2)17(11-15)20-13(3)23/h5-11H,4H2,1-3H3,(H,20,23)(H,21,24)(H,22,25). The summed E-state index contributed by atoms with van der Waals surface area (Å²) in [6.07, 6.45) is 0. The number of ether oxygens (including phenoxy) is 1. The van der Waals surface area contributed by atoms with Gasteiger partial charge in [-0.3, -0.25) is 25.2 Å². The highest BCUT2D eigenvalue weighted by Gasteiger charge is 2.11. The zero-order valence-corrected chi connectivity index (χ0v) is 14.9. The molecule has 0 saturated heterocycles. The SMILES string of the molecule is CCOc1ccc(C(=O)NNC(=O)c2ccc(C)c(NC(C)=O)c2)cc1. The lowest BCUT2D eigenvalue weighted by Crippen LogP contribution is -2.41. The van der Waals surface area contributed by atoms with Gasteiger partial charge in [-0.1, -0.05) is 6.07 Å². The average Bonchev–Trinajstić information content (AvgIpc) is 2.61. The lowest BCUT2D eigenvalue weighted by Gasteiger charge is -2.11. The van der Waals surface area contributed by atoms with E-state index in [0.29, 0.717) is 29.2 Å². The van der Waals surface area contributed by atoms with Crippen molar-refractivity contribution >= 4 is 23.4 Å². The minimum atomic E-state index is -0.490. The van der Waals surface area contributed by atoms with Gasteiger partial charge in [-0.15, -0.1) is 0 Å². The van der Waals surface area contributed by atoms with Crippen LogP contribution in [0.15, 0.2) is 42.5 Å². The normalized spacial score (nSPS) is 9.96. The Kier molecular flexibility index (Phi) is 6.32. The fourth-order valence-electron chi connectivity index (χ4n) is 2.21. The van der Waals surface area contributed by atoms with E-state index in [1.165, 1.54) is 6.92 Å². The first kappa shape index (κ1) is 19.0. The third kappa shape index (κ3) is 5.07. The maximum Gasteiger partial charge on any atom is 0.269 e. The molecule has 3 amide bonds. The molecular weight excluding hydrogens is 334 g/mol. The van der Waals surface area contributed by atoms with Gasteiger partial charge in [0.1, 0.15) is 5.75 Å². The fourth-order valence-corrected chi connectivity index (χ4v) is 2.21. The van der Waals surface area contributed by atoms with Crippen LogP contribution >= 0.6 is 0 Å². The van der Waals surface area contributed by atoms with Crippen molar-refractivity contribution < 1.29 is 19.1 Å². The number of hydrogen-bond acceptors (Lipinski definition) is 4. The quantitative estimate of drug-likeness (QED) is 0.718. The summed E-state index contributed by atoms with van der Waals surface area (Å²) < 4.78 is 5.31. The first-order valence-corrected chi connectivity index (χ1v) is 8.12. The molecule has 7 heteroatoms. The van der Waals surface area contributed by atoms with Crippen LogP contribution in [0, 0.1) is 6.92 Å². The van der Waals surface area contributed by atoms with E-state index in [-0.39, 0.29) is 5.91 Å². The van der Waals surface area contributed by atoms with Crippen LogP contribution in [0.2, 0.25) is 0 Å². The number of hydrogen-bond donors (Lipinski definition) is 3. The van der Waals surface area contributed by atoms with Crippen molar-refractivity contribution in [1.29, 1.82) is 0 Å². The van der Waals surface area contributed by atoms with Crippen LogP contribution in [0.25, 0.3) is 0 Å². The van der Waals surface area contributed by atoms with E-state index in [4.69, 9.17) is 4.74 Å². The average molecular weight is 355 g/mol. The van der Waals surface area contributed by atoms with E-state index in [1.807, 2.05) is 13.8 Å². The molecule has 7 nitrogen and oxygen atoms in total. The predicted octanol–water partition coefficient (Wildman–Crippen LogP) is 2.43. The van der Waals surface area contributed by atoms with Crippen molar-refractivity contribution in [2.75, 3.05) is 11.9 Å². The molecule has 0 spiro atoms. The van der Waals surface area contributed by atoms with E-state index < -0.39 is 11.8 Å². The molecule has 0 radical (unpaired) electrons. The summed E-state index contributed by atoms with van der Waals surface area (Å²) in [6, 6.07) is 11.4. The molecule has 0 aliphatic carbocycles. The Morgan fingerprint density at radius 1 is 0.923 bits per heavy atom. The van der Waals surface area contributed by atoms with Crippen LogP contribution in [0.5, 0.6) is 5.75 Å². The molecule has 0 saturated carbocycles. The Labute approximate surface area is 151 Å². The van der Waals surface area contributed by atoms with E-state index in [2.05, 4.69) is 16.2 Å². The molecule has 0 fully saturated rings. The van der Waals surface area contributed by atoms with E-state index >= 15 is 0 Å². The highest BCUT2D eigenvalue weighted by Crippen LogP contribution is 2.17. The molecule has 0 aliphatic rings. The zero-order valence-electron chi connectivity index (χ0n) is 14.9. The summed E-state index contributed by atoms with van der Waals surface area (Å²) in [5, 5.41) is 2.66. The Hall–Kier alpha value is -3.35. The summed E-state index contributed by atoms with van der Waals surface area (Å²) in [6.45, 7) is 5.63. The van der Waals surface area contributed by atoms with Crippen LogP contribution in [0.4, 0.5) is 5.69 Å². The topological polar surface area (TPSA) is 96.5 Å². The molecule has 136 valence electrons. The number of carbonyl (C=O) groups excluding carboxylic acids is 3. The molecule has 26 heavy (non-hydrogen) atoms. The largest absolute Gasteiger partial charge is 0.494 e. The third-order valence-electron chi connectivity index (χ3n) is 3.53. The monoisotopic (exact) mass is 355 g/mol. The summed E-state index contributed by atoms with van der Waals surface area (Å²) in [7, 11) is 0. The van der Waals surface area contributed by atoms with Crippen LogP contribution in [0.3, 0.4) is 0 Å². The Balaban J connectivity index is 1.99. The second-order valence-corrected chi connectivity index (χ2v) is 5.58. The maximum atomic E-state index is 12.2. The number of benzene rings is 2. The number of rotatable bonds is 5. The van der Waals surface area contributed by atoms with Crippen LogP contribution in [-0.4, -0.2) is 24.3 Å². The second-order valence-electron chi connectivity index (χ2n) is 5.58. The molecule has 2 aromatic rings. The van der Waals surface area contributed by atoms with Gasteiger partial charge in [0.15, 0.2) is 0 Å². The minimum absolute atomic E-state index is 0.227. The molecule has 0 heterocycles. The zero-order chi connectivity index (χ0) is 19.1. The number of hydrazine groups is 1. The highest BCUT2D eigenvalue weighted by molar-refractivity contribution is 6.00. The van der Waals surface area contributed by atoms with Gasteiger partial charge >= 0.3 is 0 Å². The third-order valence-corrected chi connectivity index (χ3v) is 3.53. The molecule has 0 atom stereocenters. The highest BCUT2D eigenvalue weighted by atomic mass is 16.5. The van der Waals surface area contributed by atoms with Crippen molar-refractivity contribution in [3.8, 4) is 5.75 Å². The Morgan fingerprint density at radius 3 is 2.08 bits per heavy atom. The first-order valence-electron chi connectivity index (χ1n) is 8.12. The Morgan fingerprint density at radius 2 is 1.50 bits per heavy atom. The molecule has 2 rings (SSSR count). The summed E-state index contributed by atoms with van der Waals surface area (Å²) in [5.74, 6) is -0.501. The van der Waals surface area contributed by atoms with Gasteiger partial charge in [-0.2, -0.15) is 0 Å². The number of anilines is 1. The van der Waals surface area contributed by atoms with Crippen LogP contribution < -0.4 is 20.9 Å². The number of nitrogens with one attached hydrogen (secondary N) is 3. The van der Waals surface area contributed by atoms with Crippen molar-refractivity contribution in [3.05, 3.63) is 59.2 Å². The van der Waals surface area contributed by atoms with E-state index in [9.17, 15) is 14.4 Å². The van der Waals surface area contributed by atoms with Crippen LogP contribution in [-0.2, 0) is 4.79 Å². The van der Waals surface area contributed by atoms with Gasteiger partial charge in [0.2, 0.25) is 5.91 Å². The molecule has 2 aromatic carbocycles. The molecule has 0 unspecified atom stereocenters. The van der Waals surface area contributed by atoms with Gasteiger partial charge in [-0.25, -0.2) is 0 Å². The summed E-state index contributed by atoms with van der Waals surface area (Å²) in [5.41, 5.74) is 6.78. The fraction of sp³-hybridized carbons (Fsp3) is 0.211. The van der Waals surface area contributed by atoms with Crippen LogP contribution in [0.1, 0.15) is 40.1 Å². The van der Waals surface area contributed by atoms with Gasteiger partial charge in [-0.05, 0) is 55.8 Å². The van der Waals surface area contributed by atoms with Crippen molar-refractivity contribution in [3.63, 3.8) is 0 Å². The van der Waals surface area contributed by atoms with Gasteiger partial charge in [0.05, 0.1) is 6.61 Å². The molecule has 0 aliphatic heterocycles. The van der Waals surface area contributed by atoms with Gasteiger partial charge in [0.25, 0.3) is 11.8 Å². The lowest BCUT2D eigenvalue weighted by molar-refractivity contribution is -0.114. The first-order chi connectivity index (χ1) is 12.4.